The first-order valence-corrected chi connectivity index (χ1v) is 7.56. The number of carbonyl (C=O) groups is 1. The van der Waals surface area contributed by atoms with Gasteiger partial charge in [0.2, 0.25) is 0 Å². The minimum atomic E-state index is -0.311. The summed E-state index contributed by atoms with van der Waals surface area (Å²) in [5.41, 5.74) is 0.848. The number of rotatable bonds is 6. The molecule has 1 N–H and O–H groups in total. The molecule has 6 nitrogen and oxygen atoms in total. The van der Waals surface area contributed by atoms with Crippen LogP contribution in [0.4, 0.5) is 5.82 Å². The molecule has 1 atom stereocenters. The Bertz CT molecular complexity index is 642. The van der Waals surface area contributed by atoms with E-state index < -0.39 is 0 Å². The second-order valence-electron chi connectivity index (χ2n) is 4.68. The van der Waals surface area contributed by atoms with Gasteiger partial charge in [-0.25, -0.2) is 14.8 Å². The summed E-state index contributed by atoms with van der Waals surface area (Å²) in [6.45, 7) is 6.61. The number of hydrogen-bond donors (Lipinski definition) is 1. The van der Waals surface area contributed by atoms with Gasteiger partial charge >= 0.3 is 5.97 Å². The van der Waals surface area contributed by atoms with Crippen molar-refractivity contribution in [2.45, 2.75) is 26.8 Å². The maximum Gasteiger partial charge on any atom is 0.348 e. The lowest BCUT2D eigenvalue weighted by atomic mass is 10.2. The van der Waals surface area contributed by atoms with Gasteiger partial charge in [0, 0.05) is 13.2 Å². The zero-order chi connectivity index (χ0) is 15.4. The van der Waals surface area contributed by atoms with Crippen LogP contribution in [-0.2, 0) is 9.47 Å². The van der Waals surface area contributed by atoms with E-state index in [2.05, 4.69) is 15.3 Å². The first-order chi connectivity index (χ1) is 10.1. The summed E-state index contributed by atoms with van der Waals surface area (Å²) in [4.78, 5) is 21.9. The molecule has 2 aromatic heterocycles. The SMILES string of the molecule is CCOC(=O)c1sc2ncnc(NC(C)COC)c2c1C. The molecule has 0 aliphatic carbocycles. The monoisotopic (exact) mass is 309 g/mol. The summed E-state index contributed by atoms with van der Waals surface area (Å²) < 4.78 is 10.2. The number of anilines is 1. The van der Waals surface area contributed by atoms with Crippen molar-refractivity contribution in [1.82, 2.24) is 9.97 Å². The summed E-state index contributed by atoms with van der Waals surface area (Å²) in [6.07, 6.45) is 1.50. The largest absolute Gasteiger partial charge is 0.462 e. The number of carbonyl (C=O) groups excluding carboxylic acids is 1. The fourth-order valence-corrected chi connectivity index (χ4v) is 3.14. The molecule has 1 unspecified atom stereocenters. The Morgan fingerprint density at radius 1 is 1.48 bits per heavy atom. The van der Waals surface area contributed by atoms with Crippen LogP contribution < -0.4 is 5.32 Å². The molecule has 0 aliphatic heterocycles. The third kappa shape index (κ3) is 3.30. The van der Waals surface area contributed by atoms with Crippen molar-refractivity contribution in [2.75, 3.05) is 25.6 Å². The number of esters is 1. The van der Waals surface area contributed by atoms with E-state index in [1.165, 1.54) is 17.7 Å². The standard InChI is InChI=1S/C14H19N3O3S/c1-5-20-14(18)11-9(3)10-12(17-8(2)6-19-4)15-7-16-13(10)21-11/h7-8H,5-6H2,1-4H3,(H,15,16,17). The van der Waals surface area contributed by atoms with Crippen LogP contribution in [-0.4, -0.2) is 42.3 Å². The molecule has 2 heterocycles. The predicted molar refractivity (Wildman–Crippen MR) is 83.1 cm³/mol. The molecule has 2 rings (SSSR count). The lowest BCUT2D eigenvalue weighted by molar-refractivity contribution is 0.0531. The van der Waals surface area contributed by atoms with Crippen LogP contribution in [0.5, 0.6) is 0 Å². The zero-order valence-electron chi connectivity index (χ0n) is 12.6. The Morgan fingerprint density at radius 2 is 2.24 bits per heavy atom. The molecule has 0 saturated heterocycles. The molecule has 0 aromatic carbocycles. The van der Waals surface area contributed by atoms with E-state index in [0.29, 0.717) is 23.9 Å². The van der Waals surface area contributed by atoms with Crippen molar-refractivity contribution in [3.05, 3.63) is 16.8 Å². The molecule has 0 fully saturated rings. The maximum absolute atomic E-state index is 12.0. The van der Waals surface area contributed by atoms with Crippen LogP contribution in [0, 0.1) is 6.92 Å². The fraction of sp³-hybridized carbons (Fsp3) is 0.500. The second-order valence-corrected chi connectivity index (χ2v) is 5.68. The van der Waals surface area contributed by atoms with E-state index in [9.17, 15) is 4.79 Å². The molecular formula is C14H19N3O3S. The average molecular weight is 309 g/mol. The van der Waals surface area contributed by atoms with Crippen molar-refractivity contribution >= 4 is 33.3 Å². The molecule has 0 radical (unpaired) electrons. The van der Waals surface area contributed by atoms with E-state index in [-0.39, 0.29) is 12.0 Å². The lowest BCUT2D eigenvalue weighted by Gasteiger charge is -2.14. The molecular weight excluding hydrogens is 290 g/mol. The van der Waals surface area contributed by atoms with E-state index in [0.717, 1.165) is 15.8 Å². The van der Waals surface area contributed by atoms with Crippen LogP contribution >= 0.6 is 11.3 Å². The van der Waals surface area contributed by atoms with E-state index in [4.69, 9.17) is 9.47 Å². The zero-order valence-corrected chi connectivity index (χ0v) is 13.4. The van der Waals surface area contributed by atoms with Gasteiger partial charge in [-0.2, -0.15) is 0 Å². The number of aryl methyl sites for hydroxylation is 1. The Morgan fingerprint density at radius 3 is 2.90 bits per heavy atom. The Balaban J connectivity index is 2.42. The molecule has 114 valence electrons. The van der Waals surface area contributed by atoms with Gasteiger partial charge in [0.1, 0.15) is 21.9 Å². The van der Waals surface area contributed by atoms with Gasteiger partial charge in [0.05, 0.1) is 18.6 Å². The molecule has 0 saturated carbocycles. The van der Waals surface area contributed by atoms with E-state index in [1.807, 2.05) is 13.8 Å². The smallest absolute Gasteiger partial charge is 0.348 e. The Kier molecular flexibility index (Phi) is 5.08. The third-order valence-corrected chi connectivity index (χ3v) is 4.17. The summed E-state index contributed by atoms with van der Waals surface area (Å²) in [5, 5.41) is 4.16. The van der Waals surface area contributed by atoms with Gasteiger partial charge in [-0.05, 0) is 26.3 Å². The Labute approximate surface area is 127 Å². The highest BCUT2D eigenvalue weighted by molar-refractivity contribution is 7.20. The third-order valence-electron chi connectivity index (χ3n) is 2.99. The Hall–Kier alpha value is -1.73. The molecule has 0 aliphatic rings. The number of nitrogens with one attached hydrogen (secondary N) is 1. The van der Waals surface area contributed by atoms with E-state index >= 15 is 0 Å². The number of fused-ring (bicyclic) bond motifs is 1. The number of hydrogen-bond acceptors (Lipinski definition) is 7. The van der Waals surface area contributed by atoms with Crippen molar-refractivity contribution in [2.24, 2.45) is 0 Å². The van der Waals surface area contributed by atoms with Crippen LogP contribution in [0.1, 0.15) is 29.1 Å². The van der Waals surface area contributed by atoms with Crippen LogP contribution in [0.2, 0.25) is 0 Å². The van der Waals surface area contributed by atoms with Crippen molar-refractivity contribution in [1.29, 1.82) is 0 Å². The number of thiophene rings is 1. The number of ether oxygens (including phenoxy) is 2. The van der Waals surface area contributed by atoms with Crippen LogP contribution in [0.15, 0.2) is 6.33 Å². The quantitative estimate of drug-likeness (QED) is 0.827. The van der Waals surface area contributed by atoms with Crippen molar-refractivity contribution in [3.63, 3.8) is 0 Å². The van der Waals surface area contributed by atoms with Crippen molar-refractivity contribution in [3.8, 4) is 0 Å². The highest BCUT2D eigenvalue weighted by Gasteiger charge is 2.20. The molecule has 2 aromatic rings. The topological polar surface area (TPSA) is 73.3 Å². The van der Waals surface area contributed by atoms with Gasteiger partial charge in [0.15, 0.2) is 0 Å². The van der Waals surface area contributed by atoms with Gasteiger partial charge in [-0.15, -0.1) is 11.3 Å². The molecule has 0 spiro atoms. The first kappa shape index (κ1) is 15.7. The highest BCUT2D eigenvalue weighted by Crippen LogP contribution is 2.33. The van der Waals surface area contributed by atoms with Gasteiger partial charge in [0.25, 0.3) is 0 Å². The number of nitrogens with zero attached hydrogens (tertiary/aromatic N) is 2. The summed E-state index contributed by atoms with van der Waals surface area (Å²) in [6, 6.07) is 0.110. The van der Waals surface area contributed by atoms with Crippen molar-refractivity contribution < 1.29 is 14.3 Å². The lowest BCUT2D eigenvalue weighted by Crippen LogP contribution is -2.21. The van der Waals surface area contributed by atoms with Gasteiger partial charge < -0.3 is 14.8 Å². The minimum Gasteiger partial charge on any atom is -0.462 e. The maximum atomic E-state index is 12.0. The van der Waals surface area contributed by atoms with E-state index in [1.54, 1.807) is 14.0 Å². The summed E-state index contributed by atoms with van der Waals surface area (Å²) in [5.74, 6) is 0.405. The summed E-state index contributed by atoms with van der Waals surface area (Å²) >= 11 is 1.33. The molecule has 0 bridgehead atoms. The number of methoxy groups -OCH3 is 1. The number of aromatic nitrogens is 2. The molecule has 0 amide bonds. The first-order valence-electron chi connectivity index (χ1n) is 6.75. The highest BCUT2D eigenvalue weighted by atomic mass is 32.1. The average Bonchev–Trinajstić information content (AvgIpc) is 2.78. The fourth-order valence-electron chi connectivity index (χ4n) is 2.10. The molecule has 21 heavy (non-hydrogen) atoms. The van der Waals surface area contributed by atoms with Crippen LogP contribution in [0.25, 0.3) is 10.2 Å². The van der Waals surface area contributed by atoms with Gasteiger partial charge in [-0.3, -0.25) is 0 Å². The molecule has 7 heteroatoms. The van der Waals surface area contributed by atoms with Gasteiger partial charge in [-0.1, -0.05) is 0 Å². The summed E-state index contributed by atoms with van der Waals surface area (Å²) in [7, 11) is 1.66. The minimum absolute atomic E-state index is 0.110. The second kappa shape index (κ2) is 6.82. The van der Waals surface area contributed by atoms with Crippen LogP contribution in [0.3, 0.4) is 0 Å². The normalized spacial score (nSPS) is 12.4. The predicted octanol–water partition coefficient (Wildman–Crippen LogP) is 2.62.